The molecule has 2 atom stereocenters. The van der Waals surface area contributed by atoms with Gasteiger partial charge in [-0.1, -0.05) is 18.2 Å². The van der Waals surface area contributed by atoms with Gasteiger partial charge in [0.25, 0.3) is 0 Å². The molecule has 0 bridgehead atoms. The van der Waals surface area contributed by atoms with E-state index in [1.807, 2.05) is 26.2 Å². The van der Waals surface area contributed by atoms with Crippen LogP contribution in [0.25, 0.3) is 0 Å². The maximum absolute atomic E-state index is 12.7. The third kappa shape index (κ3) is 5.09. The van der Waals surface area contributed by atoms with E-state index in [0.717, 1.165) is 45.0 Å². The number of nitrogens with zero attached hydrogens (tertiary/aromatic N) is 2. The number of Topliss-reactive ketones (excluding diaryl/α,β-unsaturated/α-hetero) is 1. The first kappa shape index (κ1) is 19.9. The lowest BCUT2D eigenvalue weighted by atomic mass is 9.78. The number of para-hydroxylation sites is 1. The van der Waals surface area contributed by atoms with Crippen molar-refractivity contribution in [1.82, 2.24) is 10.2 Å². The lowest BCUT2D eigenvalue weighted by Gasteiger charge is -2.34. The summed E-state index contributed by atoms with van der Waals surface area (Å²) in [5.41, 5.74) is 2.84. The van der Waals surface area contributed by atoms with Crippen molar-refractivity contribution in [3.8, 4) is 0 Å². The molecule has 0 radical (unpaired) electrons. The smallest absolute Gasteiger partial charge is 0.163 e. The quantitative estimate of drug-likeness (QED) is 0.580. The maximum atomic E-state index is 12.7. The Morgan fingerprint density at radius 1 is 1.30 bits per heavy atom. The number of nitrogens with one attached hydrogen (secondary N) is 1. The first-order valence-corrected chi connectivity index (χ1v) is 9.77. The number of benzene rings is 1. The largest absolute Gasteiger partial charge is 0.389 e. The highest BCUT2D eigenvalue weighted by molar-refractivity contribution is 5.97. The highest BCUT2D eigenvalue weighted by Crippen LogP contribution is 2.38. The van der Waals surface area contributed by atoms with Crippen LogP contribution in [0.2, 0.25) is 0 Å². The Labute approximate surface area is 161 Å². The summed E-state index contributed by atoms with van der Waals surface area (Å²) in [5.74, 6) is 0.0818. The van der Waals surface area contributed by atoms with E-state index in [0.29, 0.717) is 18.4 Å². The fraction of sp³-hybridized carbons (Fsp3) is 0.571. The molecule has 3 rings (SSSR count). The first-order chi connectivity index (χ1) is 13.1. The molecule has 148 valence electrons. The fourth-order valence-electron chi connectivity index (χ4n) is 3.82. The van der Waals surface area contributed by atoms with Crippen molar-refractivity contribution >= 4 is 11.5 Å². The molecule has 27 heavy (non-hydrogen) atoms. The molecule has 6 nitrogen and oxygen atoms in total. The van der Waals surface area contributed by atoms with E-state index >= 15 is 0 Å². The van der Waals surface area contributed by atoms with Crippen molar-refractivity contribution in [2.75, 3.05) is 58.4 Å². The van der Waals surface area contributed by atoms with Gasteiger partial charge >= 0.3 is 0 Å². The third-order valence-electron chi connectivity index (χ3n) is 5.31. The molecule has 0 aromatic heterocycles. The maximum Gasteiger partial charge on any atom is 0.163 e. The Balaban J connectivity index is 1.70. The van der Waals surface area contributed by atoms with E-state index in [9.17, 15) is 9.90 Å². The molecule has 0 spiro atoms. The monoisotopic (exact) mass is 373 g/mol. The van der Waals surface area contributed by atoms with E-state index in [4.69, 9.17) is 4.74 Å². The number of carbonyl (C=O) groups is 1. The Morgan fingerprint density at radius 2 is 2.04 bits per heavy atom. The van der Waals surface area contributed by atoms with Gasteiger partial charge in [-0.2, -0.15) is 0 Å². The van der Waals surface area contributed by atoms with Gasteiger partial charge in [0, 0.05) is 50.1 Å². The summed E-state index contributed by atoms with van der Waals surface area (Å²) in [6, 6.07) is 8.27. The molecule has 1 aliphatic carbocycles. The number of rotatable bonds is 6. The Bertz CT molecular complexity index is 668. The average Bonchev–Trinajstić information content (AvgIpc) is 2.67. The molecule has 6 heteroatoms. The molecule has 2 fully saturated rings. The molecule has 1 saturated heterocycles. The zero-order chi connectivity index (χ0) is 19.2. The molecular formula is C21H31N3O3. The predicted molar refractivity (Wildman–Crippen MR) is 107 cm³/mol. The van der Waals surface area contributed by atoms with Crippen molar-refractivity contribution in [2.45, 2.75) is 24.9 Å². The van der Waals surface area contributed by atoms with E-state index in [1.54, 1.807) is 6.20 Å². The Morgan fingerprint density at radius 3 is 2.74 bits per heavy atom. The summed E-state index contributed by atoms with van der Waals surface area (Å²) in [7, 11) is 4.01. The van der Waals surface area contributed by atoms with Crippen molar-refractivity contribution < 1.29 is 14.6 Å². The molecule has 2 unspecified atom stereocenters. The summed E-state index contributed by atoms with van der Waals surface area (Å²) in [6.45, 7) is 4.81. The van der Waals surface area contributed by atoms with Crippen LogP contribution in [-0.4, -0.2) is 75.4 Å². The highest BCUT2D eigenvalue weighted by atomic mass is 16.5. The number of likely N-dealkylation sites (N-methyl/N-ethyl adjacent to an activating group) is 1. The number of hydrogen-bond acceptors (Lipinski definition) is 6. The van der Waals surface area contributed by atoms with E-state index in [-0.39, 0.29) is 11.7 Å². The molecule has 0 amide bonds. The summed E-state index contributed by atoms with van der Waals surface area (Å²) in [5, 5.41) is 13.8. The van der Waals surface area contributed by atoms with Gasteiger partial charge in [-0.3, -0.25) is 4.79 Å². The lowest BCUT2D eigenvalue weighted by Crippen LogP contribution is -2.37. The number of carbonyl (C=O) groups excluding carboxylic acids is 1. The summed E-state index contributed by atoms with van der Waals surface area (Å²) >= 11 is 0. The van der Waals surface area contributed by atoms with Crippen molar-refractivity contribution in [1.29, 1.82) is 0 Å². The molecular weight excluding hydrogens is 342 g/mol. The van der Waals surface area contributed by atoms with E-state index < -0.39 is 6.10 Å². The van der Waals surface area contributed by atoms with Crippen LogP contribution in [0.15, 0.2) is 36.0 Å². The van der Waals surface area contributed by atoms with E-state index in [1.165, 1.54) is 5.69 Å². The number of hydrogen-bond donors (Lipinski definition) is 2. The second kappa shape index (κ2) is 9.35. The number of aliphatic hydroxyl groups is 1. The second-order valence-electron chi connectivity index (χ2n) is 7.59. The standard InChI is InChI=1S/C21H31N3O3/c1-23(2)8-7-22-15-18-20(25)13-16(14-21(18)26)17-5-3-4-6-19(17)24-9-11-27-12-10-24/h3-6,15-16,20,22,25H,7-14H2,1-2H3/b18-15+. The number of aliphatic hydroxyl groups excluding tert-OH is 1. The molecule has 2 aliphatic rings. The molecule has 1 aliphatic heterocycles. The number of ether oxygens (including phenoxy) is 1. The molecule has 1 aromatic rings. The Kier molecular flexibility index (Phi) is 6.88. The predicted octanol–water partition coefficient (Wildman–Crippen LogP) is 1.37. The van der Waals surface area contributed by atoms with Gasteiger partial charge < -0.3 is 25.0 Å². The van der Waals surface area contributed by atoms with Gasteiger partial charge in [-0.15, -0.1) is 0 Å². The minimum Gasteiger partial charge on any atom is -0.389 e. The zero-order valence-electron chi connectivity index (χ0n) is 16.4. The van der Waals surface area contributed by atoms with Gasteiger partial charge in [-0.05, 0) is 38.1 Å². The Hall–Kier alpha value is -1.89. The van der Waals surface area contributed by atoms with Gasteiger partial charge in [-0.25, -0.2) is 0 Å². The van der Waals surface area contributed by atoms with Gasteiger partial charge in [0.2, 0.25) is 0 Å². The zero-order valence-corrected chi connectivity index (χ0v) is 16.4. The molecule has 2 N–H and O–H groups in total. The third-order valence-corrected chi connectivity index (χ3v) is 5.31. The van der Waals surface area contributed by atoms with Crippen LogP contribution in [0, 0.1) is 0 Å². The van der Waals surface area contributed by atoms with Crippen LogP contribution in [0.1, 0.15) is 24.3 Å². The SMILES string of the molecule is CN(C)CCN/C=C1/C(=O)CC(c2ccccc2N2CCOCC2)CC1O. The first-order valence-electron chi connectivity index (χ1n) is 9.77. The molecule has 1 heterocycles. The summed E-state index contributed by atoms with van der Waals surface area (Å²) in [6.07, 6.45) is 2.01. The highest BCUT2D eigenvalue weighted by Gasteiger charge is 2.33. The summed E-state index contributed by atoms with van der Waals surface area (Å²) < 4.78 is 5.46. The van der Waals surface area contributed by atoms with Crippen molar-refractivity contribution in [3.63, 3.8) is 0 Å². The van der Waals surface area contributed by atoms with Gasteiger partial charge in [0.15, 0.2) is 5.78 Å². The normalized spacial score (nSPS) is 25.3. The molecule has 1 saturated carbocycles. The molecule has 1 aromatic carbocycles. The van der Waals surface area contributed by atoms with Crippen LogP contribution in [0.3, 0.4) is 0 Å². The van der Waals surface area contributed by atoms with Gasteiger partial charge in [0.05, 0.1) is 19.3 Å². The number of ketones is 1. The van der Waals surface area contributed by atoms with Crippen LogP contribution in [0.4, 0.5) is 5.69 Å². The average molecular weight is 373 g/mol. The van der Waals surface area contributed by atoms with Crippen molar-refractivity contribution in [2.24, 2.45) is 0 Å². The van der Waals surface area contributed by atoms with Crippen LogP contribution in [0.5, 0.6) is 0 Å². The fourth-order valence-corrected chi connectivity index (χ4v) is 3.82. The minimum absolute atomic E-state index is 0.0351. The minimum atomic E-state index is -0.721. The lowest BCUT2D eigenvalue weighted by molar-refractivity contribution is -0.118. The van der Waals surface area contributed by atoms with Crippen molar-refractivity contribution in [3.05, 3.63) is 41.6 Å². The topological polar surface area (TPSA) is 65.0 Å². The van der Waals surface area contributed by atoms with Gasteiger partial charge in [0.1, 0.15) is 0 Å². The van der Waals surface area contributed by atoms with Crippen LogP contribution < -0.4 is 10.2 Å². The number of anilines is 1. The summed E-state index contributed by atoms with van der Waals surface area (Å²) in [4.78, 5) is 17.1. The number of morpholine rings is 1. The van der Waals surface area contributed by atoms with E-state index in [2.05, 4.69) is 27.2 Å². The second-order valence-corrected chi connectivity index (χ2v) is 7.59. The van der Waals surface area contributed by atoms with Crippen LogP contribution in [-0.2, 0) is 9.53 Å². The van der Waals surface area contributed by atoms with Crippen LogP contribution >= 0.6 is 0 Å².